The average molecular weight is 224 g/mol. The summed E-state index contributed by atoms with van der Waals surface area (Å²) in [5, 5.41) is 0. The third kappa shape index (κ3) is 2.98. The fourth-order valence-corrected chi connectivity index (χ4v) is 3.35. The first-order valence-corrected chi connectivity index (χ1v) is 7.07. The van der Waals surface area contributed by atoms with Crippen molar-refractivity contribution in [1.82, 2.24) is 9.80 Å². The van der Waals surface area contributed by atoms with Gasteiger partial charge in [0.15, 0.2) is 0 Å². The van der Waals surface area contributed by atoms with Gasteiger partial charge in [0.05, 0.1) is 0 Å². The molecular weight excluding hydrogens is 196 g/mol. The van der Waals surface area contributed by atoms with Crippen LogP contribution in [0.15, 0.2) is 0 Å². The molecule has 16 heavy (non-hydrogen) atoms. The third-order valence-electron chi connectivity index (χ3n) is 4.83. The van der Waals surface area contributed by atoms with Crippen LogP contribution >= 0.6 is 0 Å². The highest BCUT2D eigenvalue weighted by atomic mass is 15.2. The Morgan fingerprint density at radius 2 is 1.38 bits per heavy atom. The van der Waals surface area contributed by atoms with Crippen LogP contribution in [-0.2, 0) is 0 Å². The predicted molar refractivity (Wildman–Crippen MR) is 69.7 cm³/mol. The van der Waals surface area contributed by atoms with Crippen LogP contribution < -0.4 is 0 Å². The van der Waals surface area contributed by atoms with Crippen LogP contribution in [0, 0.1) is 5.92 Å². The molecule has 2 fully saturated rings. The molecule has 0 aromatic heterocycles. The Kier molecular flexibility index (Phi) is 4.26. The van der Waals surface area contributed by atoms with Crippen LogP contribution in [0.3, 0.4) is 0 Å². The molecule has 0 N–H and O–H groups in total. The summed E-state index contributed by atoms with van der Waals surface area (Å²) in [4.78, 5) is 5.17. The first kappa shape index (κ1) is 12.4. The molecule has 2 nitrogen and oxygen atoms in total. The maximum Gasteiger partial charge on any atom is 0.0119 e. The molecule has 2 aliphatic rings. The Morgan fingerprint density at radius 3 is 1.94 bits per heavy atom. The van der Waals surface area contributed by atoms with Gasteiger partial charge in [0.2, 0.25) is 0 Å². The van der Waals surface area contributed by atoms with Crippen molar-refractivity contribution in [3.8, 4) is 0 Å². The van der Waals surface area contributed by atoms with Gasteiger partial charge in [-0.1, -0.05) is 6.92 Å². The zero-order valence-electron chi connectivity index (χ0n) is 11.3. The van der Waals surface area contributed by atoms with Crippen LogP contribution in [-0.4, -0.2) is 49.1 Å². The molecule has 1 heterocycles. The number of hydrogen-bond donors (Lipinski definition) is 0. The van der Waals surface area contributed by atoms with Crippen molar-refractivity contribution >= 4 is 0 Å². The summed E-state index contributed by atoms with van der Waals surface area (Å²) in [6, 6.07) is 1.74. The van der Waals surface area contributed by atoms with Gasteiger partial charge in [-0.3, -0.25) is 0 Å². The van der Waals surface area contributed by atoms with Gasteiger partial charge in [-0.05, 0) is 71.6 Å². The highest BCUT2D eigenvalue weighted by molar-refractivity contribution is 4.84. The lowest BCUT2D eigenvalue weighted by molar-refractivity contribution is 0.0807. The molecular formula is C14H28N2. The third-order valence-corrected chi connectivity index (χ3v) is 4.83. The van der Waals surface area contributed by atoms with Crippen molar-refractivity contribution in [1.29, 1.82) is 0 Å². The molecule has 0 radical (unpaired) electrons. The van der Waals surface area contributed by atoms with Gasteiger partial charge in [0.25, 0.3) is 0 Å². The van der Waals surface area contributed by atoms with Crippen LogP contribution in [0.25, 0.3) is 0 Å². The van der Waals surface area contributed by atoms with Crippen LogP contribution in [0.5, 0.6) is 0 Å². The van der Waals surface area contributed by atoms with E-state index in [2.05, 4.69) is 30.8 Å². The molecule has 0 amide bonds. The smallest absolute Gasteiger partial charge is 0.0119 e. The summed E-state index contributed by atoms with van der Waals surface area (Å²) >= 11 is 0. The number of hydrogen-bond acceptors (Lipinski definition) is 2. The van der Waals surface area contributed by atoms with E-state index in [9.17, 15) is 0 Å². The van der Waals surface area contributed by atoms with E-state index in [4.69, 9.17) is 0 Å². The maximum absolute atomic E-state index is 2.71. The predicted octanol–water partition coefficient (Wildman–Crippen LogP) is 2.59. The summed E-state index contributed by atoms with van der Waals surface area (Å²) in [5.41, 5.74) is 0. The lowest BCUT2D eigenvalue weighted by Gasteiger charge is -2.41. The maximum atomic E-state index is 2.71. The van der Waals surface area contributed by atoms with E-state index in [0.29, 0.717) is 0 Å². The minimum absolute atomic E-state index is 0.856. The number of rotatable bonds is 2. The molecule has 1 aliphatic heterocycles. The SMILES string of the molecule is CN1CCC(N(C)[C@H]2CC[C@H](C)CC2)CC1. The van der Waals surface area contributed by atoms with Gasteiger partial charge < -0.3 is 9.80 Å². The zero-order valence-corrected chi connectivity index (χ0v) is 11.3. The first-order chi connectivity index (χ1) is 7.66. The van der Waals surface area contributed by atoms with Gasteiger partial charge in [-0.25, -0.2) is 0 Å². The van der Waals surface area contributed by atoms with Crippen LogP contribution in [0.4, 0.5) is 0 Å². The highest BCUT2D eigenvalue weighted by Crippen LogP contribution is 2.29. The quantitative estimate of drug-likeness (QED) is 0.711. The first-order valence-electron chi connectivity index (χ1n) is 7.07. The number of nitrogens with zero attached hydrogens (tertiary/aromatic N) is 2. The lowest BCUT2D eigenvalue weighted by Crippen LogP contribution is -2.47. The minimum atomic E-state index is 0.856. The second-order valence-electron chi connectivity index (χ2n) is 6.11. The molecule has 1 saturated heterocycles. The Hall–Kier alpha value is -0.0800. The van der Waals surface area contributed by atoms with Gasteiger partial charge in [0.1, 0.15) is 0 Å². The van der Waals surface area contributed by atoms with Crippen molar-refractivity contribution in [2.45, 2.75) is 57.5 Å². The molecule has 0 spiro atoms. The molecule has 0 unspecified atom stereocenters. The van der Waals surface area contributed by atoms with Gasteiger partial charge in [-0.15, -0.1) is 0 Å². The number of piperidine rings is 1. The highest BCUT2D eigenvalue weighted by Gasteiger charge is 2.28. The standard InChI is InChI=1S/C14H28N2/c1-12-4-6-13(7-5-12)16(3)14-8-10-15(2)11-9-14/h12-14H,4-11H2,1-3H3/t12-,13-. The van der Waals surface area contributed by atoms with Crippen molar-refractivity contribution < 1.29 is 0 Å². The molecule has 0 bridgehead atoms. The molecule has 0 aromatic carbocycles. The van der Waals surface area contributed by atoms with Crippen molar-refractivity contribution in [3.05, 3.63) is 0 Å². The van der Waals surface area contributed by atoms with Crippen molar-refractivity contribution in [2.24, 2.45) is 5.92 Å². The second kappa shape index (κ2) is 5.50. The molecule has 1 aliphatic carbocycles. The van der Waals surface area contributed by atoms with Crippen LogP contribution in [0.2, 0.25) is 0 Å². The number of likely N-dealkylation sites (tertiary alicyclic amines) is 1. The lowest BCUT2D eigenvalue weighted by atomic mass is 9.85. The van der Waals surface area contributed by atoms with Crippen LogP contribution in [0.1, 0.15) is 45.4 Å². The molecule has 2 heteroatoms. The fourth-order valence-electron chi connectivity index (χ4n) is 3.35. The fraction of sp³-hybridized carbons (Fsp3) is 1.00. The van der Waals surface area contributed by atoms with E-state index in [-0.39, 0.29) is 0 Å². The largest absolute Gasteiger partial charge is 0.306 e. The molecule has 2 rings (SSSR count). The normalized spacial score (nSPS) is 34.5. The summed E-state index contributed by atoms with van der Waals surface area (Å²) in [7, 11) is 4.62. The molecule has 0 aromatic rings. The summed E-state index contributed by atoms with van der Waals surface area (Å²) < 4.78 is 0. The van der Waals surface area contributed by atoms with Gasteiger partial charge in [-0.2, -0.15) is 0 Å². The summed E-state index contributed by atoms with van der Waals surface area (Å²) in [6.45, 7) is 4.99. The van der Waals surface area contributed by atoms with Gasteiger partial charge in [0, 0.05) is 12.1 Å². The Bertz CT molecular complexity index is 179. The summed E-state index contributed by atoms with van der Waals surface area (Å²) in [6.07, 6.45) is 8.51. The van der Waals surface area contributed by atoms with E-state index in [1.54, 1.807) is 0 Å². The average Bonchev–Trinajstić information content (AvgIpc) is 2.30. The Labute approximate surface area is 101 Å². The topological polar surface area (TPSA) is 6.48 Å². The van der Waals surface area contributed by atoms with E-state index in [1.165, 1.54) is 51.6 Å². The Balaban J connectivity index is 1.80. The minimum Gasteiger partial charge on any atom is -0.306 e. The van der Waals surface area contributed by atoms with E-state index in [0.717, 1.165) is 18.0 Å². The van der Waals surface area contributed by atoms with Crippen molar-refractivity contribution in [3.63, 3.8) is 0 Å². The van der Waals surface area contributed by atoms with E-state index < -0.39 is 0 Å². The second-order valence-corrected chi connectivity index (χ2v) is 6.11. The Morgan fingerprint density at radius 1 is 0.875 bits per heavy atom. The van der Waals surface area contributed by atoms with E-state index in [1.807, 2.05) is 0 Å². The molecule has 1 saturated carbocycles. The van der Waals surface area contributed by atoms with Gasteiger partial charge >= 0.3 is 0 Å². The zero-order chi connectivity index (χ0) is 11.5. The monoisotopic (exact) mass is 224 g/mol. The van der Waals surface area contributed by atoms with Crippen molar-refractivity contribution in [2.75, 3.05) is 27.2 Å². The summed E-state index contributed by atoms with van der Waals surface area (Å²) in [5.74, 6) is 0.974. The molecule has 94 valence electrons. The molecule has 0 atom stereocenters. The van der Waals surface area contributed by atoms with E-state index >= 15 is 0 Å².